The quantitative estimate of drug-likeness (QED) is 0.865. The molecule has 7 nitrogen and oxygen atoms in total. The number of anilines is 2. The number of rotatable bonds is 5. The molecule has 0 saturated carbocycles. The Labute approximate surface area is 142 Å². The van der Waals surface area contributed by atoms with E-state index in [0.29, 0.717) is 22.8 Å². The maximum atomic E-state index is 12.8. The molecule has 2 heterocycles. The minimum absolute atomic E-state index is 0.177. The van der Waals surface area contributed by atoms with Gasteiger partial charge in [-0.25, -0.2) is 8.42 Å². The average molecular weight is 350 g/mol. The second-order valence-corrected chi connectivity index (χ2v) is 7.57. The normalized spacial score (nSPS) is 14.9. The molecule has 0 unspecified atom stereocenters. The Kier molecular flexibility index (Phi) is 4.40. The predicted octanol–water partition coefficient (Wildman–Crippen LogP) is 2.44. The predicted molar refractivity (Wildman–Crippen MR) is 93.3 cm³/mol. The van der Waals surface area contributed by atoms with Crippen LogP contribution in [0, 0.1) is 13.8 Å². The van der Waals surface area contributed by atoms with Crippen molar-refractivity contribution in [3.63, 3.8) is 0 Å². The molecule has 0 radical (unpaired) electrons. The van der Waals surface area contributed by atoms with E-state index in [1.54, 1.807) is 19.9 Å². The van der Waals surface area contributed by atoms with E-state index in [4.69, 9.17) is 4.74 Å². The number of nitrogens with one attached hydrogen (secondary N) is 2. The number of ether oxygens (including phenoxy) is 1. The molecule has 3 rings (SSSR count). The van der Waals surface area contributed by atoms with Crippen molar-refractivity contribution in [2.24, 2.45) is 0 Å². The molecule has 24 heavy (non-hydrogen) atoms. The zero-order valence-corrected chi connectivity index (χ0v) is 14.9. The van der Waals surface area contributed by atoms with Gasteiger partial charge in [0.05, 0.1) is 24.2 Å². The molecular formula is C16H22N4O3S. The van der Waals surface area contributed by atoms with Crippen LogP contribution in [-0.4, -0.2) is 38.8 Å². The third-order valence-electron chi connectivity index (χ3n) is 4.23. The molecule has 0 amide bonds. The number of methoxy groups -OCH3 is 1. The van der Waals surface area contributed by atoms with Gasteiger partial charge in [0, 0.05) is 18.8 Å². The monoisotopic (exact) mass is 350 g/mol. The van der Waals surface area contributed by atoms with Crippen molar-refractivity contribution >= 4 is 21.4 Å². The summed E-state index contributed by atoms with van der Waals surface area (Å²) in [6, 6.07) is 5.57. The standard InChI is InChI=1S/C16H22N4O3S/c1-11-16(12(2)18-17-11)24(21,22)19-14-10-13(6-7-15(14)23-3)20-8-4-5-9-20/h6-7,10,19H,4-5,8-9H2,1-3H3,(H,17,18). The highest BCUT2D eigenvalue weighted by Gasteiger charge is 2.24. The first kappa shape index (κ1) is 16.6. The fourth-order valence-corrected chi connectivity index (χ4v) is 4.51. The molecule has 1 aliphatic heterocycles. The maximum Gasteiger partial charge on any atom is 0.265 e. The first-order chi connectivity index (χ1) is 11.4. The van der Waals surface area contributed by atoms with Crippen LogP contribution in [0.15, 0.2) is 23.1 Å². The van der Waals surface area contributed by atoms with Crippen LogP contribution >= 0.6 is 0 Å². The number of aromatic amines is 1. The molecule has 130 valence electrons. The van der Waals surface area contributed by atoms with Gasteiger partial charge in [-0.05, 0) is 44.9 Å². The summed E-state index contributed by atoms with van der Waals surface area (Å²) in [5, 5.41) is 6.67. The van der Waals surface area contributed by atoms with Gasteiger partial charge in [0.25, 0.3) is 10.0 Å². The smallest absolute Gasteiger partial charge is 0.265 e. The lowest BCUT2D eigenvalue weighted by Crippen LogP contribution is -2.19. The Balaban J connectivity index is 1.97. The second-order valence-electron chi connectivity index (χ2n) is 5.95. The summed E-state index contributed by atoms with van der Waals surface area (Å²) in [6.45, 7) is 5.32. The number of aromatic nitrogens is 2. The van der Waals surface area contributed by atoms with Crippen LogP contribution in [0.1, 0.15) is 24.2 Å². The third-order valence-corrected chi connectivity index (χ3v) is 5.86. The number of nitrogens with zero attached hydrogens (tertiary/aromatic N) is 2. The first-order valence-electron chi connectivity index (χ1n) is 7.90. The van der Waals surface area contributed by atoms with Gasteiger partial charge < -0.3 is 9.64 Å². The maximum absolute atomic E-state index is 12.8. The van der Waals surface area contributed by atoms with Crippen molar-refractivity contribution in [3.05, 3.63) is 29.6 Å². The molecule has 2 N–H and O–H groups in total. The van der Waals surface area contributed by atoms with Gasteiger partial charge in [-0.1, -0.05) is 0 Å². The minimum Gasteiger partial charge on any atom is -0.495 e. The Morgan fingerprint density at radius 2 is 1.96 bits per heavy atom. The van der Waals surface area contributed by atoms with Gasteiger partial charge in [0.2, 0.25) is 0 Å². The van der Waals surface area contributed by atoms with Crippen molar-refractivity contribution < 1.29 is 13.2 Å². The molecule has 1 saturated heterocycles. The van der Waals surface area contributed by atoms with Crippen LogP contribution in [0.2, 0.25) is 0 Å². The van der Waals surface area contributed by atoms with Crippen molar-refractivity contribution in [3.8, 4) is 5.75 Å². The molecule has 0 bridgehead atoms. The van der Waals surface area contributed by atoms with E-state index in [9.17, 15) is 8.42 Å². The van der Waals surface area contributed by atoms with Gasteiger partial charge in [-0.2, -0.15) is 5.10 Å². The van der Waals surface area contributed by atoms with Gasteiger partial charge in [-0.15, -0.1) is 0 Å². The first-order valence-corrected chi connectivity index (χ1v) is 9.38. The van der Waals surface area contributed by atoms with E-state index in [2.05, 4.69) is 19.8 Å². The number of hydrogen-bond acceptors (Lipinski definition) is 5. The van der Waals surface area contributed by atoms with E-state index in [0.717, 1.165) is 31.6 Å². The Bertz CT molecular complexity index is 820. The van der Waals surface area contributed by atoms with Crippen molar-refractivity contribution in [2.75, 3.05) is 29.8 Å². The highest BCUT2D eigenvalue weighted by Crippen LogP contribution is 2.33. The van der Waals surface area contributed by atoms with Gasteiger partial charge in [0.1, 0.15) is 10.6 Å². The van der Waals surface area contributed by atoms with E-state index in [1.807, 2.05) is 12.1 Å². The summed E-state index contributed by atoms with van der Waals surface area (Å²) in [7, 11) is -2.22. The molecular weight excluding hydrogens is 328 g/mol. The molecule has 1 aromatic heterocycles. The fraction of sp³-hybridized carbons (Fsp3) is 0.438. The molecule has 8 heteroatoms. The van der Waals surface area contributed by atoms with Crippen LogP contribution in [0.3, 0.4) is 0 Å². The highest BCUT2D eigenvalue weighted by atomic mass is 32.2. The van der Waals surface area contributed by atoms with E-state index in [1.165, 1.54) is 7.11 Å². The number of benzene rings is 1. The Hall–Kier alpha value is -2.22. The topological polar surface area (TPSA) is 87.3 Å². The Morgan fingerprint density at radius 1 is 1.25 bits per heavy atom. The lowest BCUT2D eigenvalue weighted by molar-refractivity contribution is 0.417. The Morgan fingerprint density at radius 3 is 2.54 bits per heavy atom. The lowest BCUT2D eigenvalue weighted by Gasteiger charge is -2.20. The van der Waals surface area contributed by atoms with Crippen LogP contribution in [0.5, 0.6) is 5.75 Å². The zero-order valence-electron chi connectivity index (χ0n) is 14.1. The lowest BCUT2D eigenvalue weighted by atomic mass is 10.2. The number of aryl methyl sites for hydroxylation is 2. The molecule has 0 atom stereocenters. The molecule has 1 fully saturated rings. The molecule has 1 aliphatic rings. The van der Waals surface area contributed by atoms with E-state index < -0.39 is 10.0 Å². The summed E-state index contributed by atoms with van der Waals surface area (Å²) >= 11 is 0. The van der Waals surface area contributed by atoms with Crippen molar-refractivity contribution in [2.45, 2.75) is 31.6 Å². The summed E-state index contributed by atoms with van der Waals surface area (Å²) in [5.41, 5.74) is 2.37. The fourth-order valence-electron chi connectivity index (χ4n) is 3.08. The summed E-state index contributed by atoms with van der Waals surface area (Å²) in [5.74, 6) is 0.486. The third kappa shape index (κ3) is 3.06. The summed E-state index contributed by atoms with van der Waals surface area (Å²) < 4.78 is 33.5. The van der Waals surface area contributed by atoms with Crippen LogP contribution in [0.4, 0.5) is 11.4 Å². The van der Waals surface area contributed by atoms with Crippen molar-refractivity contribution in [1.29, 1.82) is 0 Å². The largest absolute Gasteiger partial charge is 0.495 e. The van der Waals surface area contributed by atoms with Crippen LogP contribution in [-0.2, 0) is 10.0 Å². The zero-order chi connectivity index (χ0) is 17.3. The van der Waals surface area contributed by atoms with E-state index in [-0.39, 0.29) is 4.90 Å². The number of hydrogen-bond donors (Lipinski definition) is 2. The van der Waals surface area contributed by atoms with Gasteiger partial charge in [-0.3, -0.25) is 9.82 Å². The number of sulfonamides is 1. The second kappa shape index (κ2) is 6.35. The molecule has 0 spiro atoms. The van der Waals surface area contributed by atoms with E-state index >= 15 is 0 Å². The summed E-state index contributed by atoms with van der Waals surface area (Å²) in [6.07, 6.45) is 2.31. The number of H-pyrrole nitrogens is 1. The molecule has 1 aromatic carbocycles. The SMILES string of the molecule is COc1ccc(N2CCCC2)cc1NS(=O)(=O)c1c(C)n[nH]c1C. The van der Waals surface area contributed by atoms with Gasteiger partial charge in [0.15, 0.2) is 0 Å². The average Bonchev–Trinajstić information content (AvgIpc) is 3.17. The van der Waals surface area contributed by atoms with Gasteiger partial charge >= 0.3 is 0 Å². The molecule has 0 aliphatic carbocycles. The summed E-state index contributed by atoms with van der Waals surface area (Å²) in [4.78, 5) is 2.42. The highest BCUT2D eigenvalue weighted by molar-refractivity contribution is 7.92. The van der Waals surface area contributed by atoms with Crippen molar-refractivity contribution in [1.82, 2.24) is 10.2 Å². The minimum atomic E-state index is -3.75. The van der Waals surface area contributed by atoms with Crippen LogP contribution in [0.25, 0.3) is 0 Å². The molecule has 2 aromatic rings. The van der Waals surface area contributed by atoms with Crippen LogP contribution < -0.4 is 14.4 Å².